The smallest absolute Gasteiger partial charge is 0.248 e. The van der Waals surface area contributed by atoms with Gasteiger partial charge >= 0.3 is 0 Å². The maximum Gasteiger partial charge on any atom is 0.248 e. The van der Waals surface area contributed by atoms with E-state index >= 15 is 0 Å². The third-order valence-electron chi connectivity index (χ3n) is 3.40. The molecule has 0 bridgehead atoms. The van der Waals surface area contributed by atoms with E-state index in [4.69, 9.17) is 5.73 Å². The van der Waals surface area contributed by atoms with E-state index in [1.165, 1.54) is 10.9 Å². The van der Waals surface area contributed by atoms with Gasteiger partial charge in [0.2, 0.25) is 5.92 Å². The Morgan fingerprint density at radius 2 is 2.37 bits per heavy atom. The number of rotatable bonds is 5. The molecule has 1 aromatic rings. The fraction of sp³-hybridized carbons (Fsp3) is 0.750. The number of alkyl halides is 2. The van der Waals surface area contributed by atoms with Crippen LogP contribution in [-0.4, -0.2) is 33.2 Å². The molecule has 0 aliphatic heterocycles. The van der Waals surface area contributed by atoms with Crippen molar-refractivity contribution in [3.05, 3.63) is 11.9 Å². The predicted molar refractivity (Wildman–Crippen MR) is 64.9 cm³/mol. The molecule has 0 amide bonds. The van der Waals surface area contributed by atoms with Crippen molar-refractivity contribution in [2.24, 2.45) is 11.7 Å². The van der Waals surface area contributed by atoms with Crippen molar-refractivity contribution < 1.29 is 13.6 Å². The molecule has 0 spiro atoms. The van der Waals surface area contributed by atoms with Crippen LogP contribution in [0.3, 0.4) is 0 Å². The van der Waals surface area contributed by atoms with E-state index in [1.54, 1.807) is 0 Å². The first-order valence-electron chi connectivity index (χ1n) is 6.51. The van der Waals surface area contributed by atoms with Gasteiger partial charge in [-0.2, -0.15) is 0 Å². The second-order valence-electron chi connectivity index (χ2n) is 5.10. The lowest BCUT2D eigenvalue weighted by atomic mass is 9.83. The van der Waals surface area contributed by atoms with Gasteiger partial charge in [-0.1, -0.05) is 5.21 Å². The molecule has 1 unspecified atom stereocenters. The number of carbonyl (C=O) groups excluding carboxylic acids is 1. The number of halogens is 2. The first-order chi connectivity index (χ1) is 9.00. The van der Waals surface area contributed by atoms with E-state index < -0.39 is 5.92 Å². The largest absolute Gasteiger partial charge is 0.329 e. The lowest BCUT2D eigenvalue weighted by molar-refractivity contribution is -0.0521. The van der Waals surface area contributed by atoms with Gasteiger partial charge < -0.3 is 5.73 Å². The fourth-order valence-electron chi connectivity index (χ4n) is 2.48. The summed E-state index contributed by atoms with van der Waals surface area (Å²) >= 11 is 0. The van der Waals surface area contributed by atoms with Crippen LogP contribution in [0.15, 0.2) is 6.20 Å². The molecule has 0 saturated heterocycles. The number of nitrogens with two attached hydrogens (primary N) is 1. The lowest BCUT2D eigenvalue weighted by Crippen LogP contribution is -2.27. The fourth-order valence-corrected chi connectivity index (χ4v) is 2.48. The molecule has 0 radical (unpaired) electrons. The molecular formula is C12H18F2N4O. The number of Topliss-reactive ketones (excluding diaryl/α,β-unsaturated/α-hetero) is 1. The highest BCUT2D eigenvalue weighted by Gasteiger charge is 2.37. The second kappa shape index (κ2) is 5.73. The summed E-state index contributed by atoms with van der Waals surface area (Å²) in [5.41, 5.74) is 5.61. The number of hydrogen-bond donors (Lipinski definition) is 1. The zero-order valence-corrected chi connectivity index (χ0v) is 10.7. The van der Waals surface area contributed by atoms with Gasteiger partial charge in [0.25, 0.3) is 0 Å². The minimum absolute atomic E-state index is 0.0651. The van der Waals surface area contributed by atoms with Crippen molar-refractivity contribution >= 4 is 5.78 Å². The van der Waals surface area contributed by atoms with Crippen LogP contribution < -0.4 is 5.73 Å². The van der Waals surface area contributed by atoms with Crippen molar-refractivity contribution in [2.45, 2.75) is 44.6 Å². The van der Waals surface area contributed by atoms with Gasteiger partial charge in [0.05, 0.1) is 12.7 Å². The van der Waals surface area contributed by atoms with Crippen LogP contribution in [-0.2, 0) is 6.54 Å². The molecular weight excluding hydrogens is 254 g/mol. The maximum absolute atomic E-state index is 13.3. The summed E-state index contributed by atoms with van der Waals surface area (Å²) < 4.78 is 28.0. The maximum atomic E-state index is 13.3. The Bertz CT molecular complexity index is 447. The first kappa shape index (κ1) is 14.0. The average Bonchev–Trinajstić information content (AvgIpc) is 2.77. The molecule has 106 valence electrons. The molecule has 1 aliphatic rings. The highest BCUT2D eigenvalue weighted by molar-refractivity contribution is 5.93. The highest BCUT2D eigenvalue weighted by Crippen LogP contribution is 2.38. The summed E-state index contributed by atoms with van der Waals surface area (Å²) in [7, 11) is 0. The van der Waals surface area contributed by atoms with Gasteiger partial charge in [-0.3, -0.25) is 9.48 Å². The molecule has 1 heterocycles. The summed E-state index contributed by atoms with van der Waals surface area (Å²) in [6.07, 6.45) is 2.54. The third kappa shape index (κ3) is 3.79. The molecule has 7 heteroatoms. The summed E-state index contributed by atoms with van der Waals surface area (Å²) in [6.45, 7) is 0.896. The van der Waals surface area contributed by atoms with Crippen LogP contribution in [0.25, 0.3) is 0 Å². The van der Waals surface area contributed by atoms with Gasteiger partial charge in [-0.15, -0.1) is 5.10 Å². The van der Waals surface area contributed by atoms with Crippen molar-refractivity contribution in [1.29, 1.82) is 0 Å². The third-order valence-corrected chi connectivity index (χ3v) is 3.40. The zero-order chi connectivity index (χ0) is 13.9. The van der Waals surface area contributed by atoms with Crippen LogP contribution in [0.2, 0.25) is 0 Å². The normalized spacial score (nSPS) is 22.4. The number of hydrogen-bond acceptors (Lipinski definition) is 4. The summed E-state index contributed by atoms with van der Waals surface area (Å²) in [5.74, 6) is -3.10. The summed E-state index contributed by atoms with van der Waals surface area (Å²) in [4.78, 5) is 11.9. The van der Waals surface area contributed by atoms with Crippen molar-refractivity contribution in [1.82, 2.24) is 15.0 Å². The van der Waals surface area contributed by atoms with Gasteiger partial charge in [-0.25, -0.2) is 8.78 Å². The molecule has 19 heavy (non-hydrogen) atoms. The van der Waals surface area contributed by atoms with E-state index in [0.29, 0.717) is 25.9 Å². The van der Waals surface area contributed by atoms with Crippen LogP contribution in [0.5, 0.6) is 0 Å². The predicted octanol–water partition coefficient (Wildman–Crippen LogP) is 1.64. The minimum atomic E-state index is -2.62. The molecule has 2 N–H and O–H groups in total. The Kier molecular flexibility index (Phi) is 4.24. The van der Waals surface area contributed by atoms with E-state index in [2.05, 4.69) is 10.3 Å². The van der Waals surface area contributed by atoms with Crippen LogP contribution in [0.4, 0.5) is 8.78 Å². The molecule has 1 atom stereocenters. The topological polar surface area (TPSA) is 73.8 Å². The number of carbonyl (C=O) groups is 1. The quantitative estimate of drug-likeness (QED) is 0.827. The summed E-state index contributed by atoms with van der Waals surface area (Å²) in [6, 6.07) is 0. The monoisotopic (exact) mass is 272 g/mol. The van der Waals surface area contributed by atoms with Gasteiger partial charge in [0.15, 0.2) is 5.78 Å². The highest BCUT2D eigenvalue weighted by atomic mass is 19.3. The van der Waals surface area contributed by atoms with Crippen molar-refractivity contribution in [3.8, 4) is 0 Å². The second-order valence-corrected chi connectivity index (χ2v) is 5.10. The van der Waals surface area contributed by atoms with Crippen molar-refractivity contribution in [3.63, 3.8) is 0 Å². The Balaban J connectivity index is 1.92. The van der Waals surface area contributed by atoms with Crippen LogP contribution >= 0.6 is 0 Å². The molecule has 2 rings (SSSR count). The first-order valence-corrected chi connectivity index (χ1v) is 6.51. The summed E-state index contributed by atoms with van der Waals surface area (Å²) in [5, 5.41) is 7.52. The Labute approximate surface area is 110 Å². The van der Waals surface area contributed by atoms with Gasteiger partial charge in [0.1, 0.15) is 5.69 Å². The number of ketones is 1. The van der Waals surface area contributed by atoms with Gasteiger partial charge in [-0.05, 0) is 18.8 Å². The van der Waals surface area contributed by atoms with Gasteiger partial charge in [0, 0.05) is 25.8 Å². The SMILES string of the molecule is NCCn1cc(C(=O)CC2CCCC(F)(F)C2)nn1. The van der Waals surface area contributed by atoms with E-state index in [0.717, 1.165) is 0 Å². The van der Waals surface area contributed by atoms with Crippen LogP contribution in [0.1, 0.15) is 42.6 Å². The molecule has 1 fully saturated rings. The van der Waals surface area contributed by atoms with Crippen LogP contribution in [0, 0.1) is 5.92 Å². The van der Waals surface area contributed by atoms with E-state index in [-0.39, 0.29) is 36.7 Å². The molecule has 1 aliphatic carbocycles. The number of aromatic nitrogens is 3. The lowest BCUT2D eigenvalue weighted by Gasteiger charge is -2.28. The zero-order valence-electron chi connectivity index (χ0n) is 10.7. The van der Waals surface area contributed by atoms with Crippen molar-refractivity contribution in [2.75, 3.05) is 6.54 Å². The molecule has 5 nitrogen and oxygen atoms in total. The minimum Gasteiger partial charge on any atom is -0.329 e. The van der Waals surface area contributed by atoms with E-state index in [9.17, 15) is 13.6 Å². The average molecular weight is 272 g/mol. The molecule has 1 aromatic heterocycles. The number of nitrogens with zero attached hydrogens (tertiary/aromatic N) is 3. The van der Waals surface area contributed by atoms with E-state index in [1.807, 2.05) is 0 Å². The Morgan fingerprint density at radius 3 is 3.05 bits per heavy atom. The Hall–Kier alpha value is -1.37. The molecule has 1 saturated carbocycles. The Morgan fingerprint density at radius 1 is 1.58 bits per heavy atom. The molecule has 0 aromatic carbocycles. The standard InChI is InChI=1S/C12H18F2N4O/c13-12(14)3-1-2-9(7-12)6-11(19)10-8-18(5-4-15)17-16-10/h8-9H,1-7,15H2.